The molecule has 4 N–H and O–H groups in total. The minimum atomic E-state index is -4.45. The first kappa shape index (κ1) is 18.4. The van der Waals surface area contributed by atoms with Crippen LogP contribution in [0.2, 0.25) is 0 Å². The largest absolute Gasteiger partial charge is 0.416 e. The van der Waals surface area contributed by atoms with Gasteiger partial charge in [-0.15, -0.1) is 16.4 Å². The van der Waals surface area contributed by atoms with Gasteiger partial charge in [0, 0.05) is 12.3 Å². The van der Waals surface area contributed by atoms with Crippen LogP contribution in [0.4, 0.5) is 24.0 Å². The highest BCUT2D eigenvalue weighted by molar-refractivity contribution is 7.14. The van der Waals surface area contributed by atoms with Crippen molar-refractivity contribution < 1.29 is 18.0 Å². The highest BCUT2D eigenvalue weighted by Gasteiger charge is 2.30. The van der Waals surface area contributed by atoms with Gasteiger partial charge in [-0.25, -0.2) is 4.98 Å². The number of halogens is 3. The average Bonchev–Trinajstić information content (AvgIpc) is 2.94. The van der Waals surface area contributed by atoms with E-state index in [0.717, 1.165) is 23.5 Å². The van der Waals surface area contributed by atoms with E-state index in [4.69, 9.17) is 11.5 Å². The number of guanidine groups is 1. The normalized spacial score (nSPS) is 11.5. The second-order valence-electron chi connectivity index (χ2n) is 4.72. The van der Waals surface area contributed by atoms with Gasteiger partial charge in [0.1, 0.15) is 0 Å². The molecule has 0 aliphatic heterocycles. The lowest BCUT2D eigenvalue weighted by molar-refractivity contribution is -0.137. The molecule has 0 radical (unpaired) electrons. The number of benzene rings is 1. The number of amides is 1. The molecule has 0 saturated carbocycles. The number of nitrogens with zero attached hydrogens (tertiary/aromatic N) is 4. The summed E-state index contributed by atoms with van der Waals surface area (Å²) in [6.07, 6.45) is -3.17. The maximum absolute atomic E-state index is 12.6. The number of anilines is 2. The molecule has 11 heteroatoms. The Balaban J connectivity index is 2.30. The van der Waals surface area contributed by atoms with Crippen LogP contribution in [0.15, 0.2) is 39.8 Å². The molecular weight excluding hydrogens is 357 g/mol. The molecule has 0 fully saturated rings. The quantitative estimate of drug-likeness (QED) is 0.489. The van der Waals surface area contributed by atoms with E-state index in [-0.39, 0.29) is 16.8 Å². The summed E-state index contributed by atoms with van der Waals surface area (Å²) < 4.78 is 37.9. The molecule has 7 nitrogen and oxygen atoms in total. The molecule has 0 atom stereocenters. The summed E-state index contributed by atoms with van der Waals surface area (Å²) in [7, 11) is 0. The van der Waals surface area contributed by atoms with Crippen LogP contribution < -0.4 is 16.4 Å². The molecule has 1 aromatic carbocycles. The van der Waals surface area contributed by atoms with Crippen molar-refractivity contribution in [3.05, 3.63) is 40.9 Å². The molecule has 0 saturated heterocycles. The third kappa shape index (κ3) is 4.76. The molecule has 0 bridgehead atoms. The molecular formula is C14H13F3N6OS. The van der Waals surface area contributed by atoms with Crippen molar-refractivity contribution in [1.29, 1.82) is 0 Å². The van der Waals surface area contributed by atoms with Crippen LogP contribution in [0.1, 0.15) is 18.2 Å². The van der Waals surface area contributed by atoms with E-state index in [1.54, 1.807) is 5.38 Å². The van der Waals surface area contributed by atoms with Crippen molar-refractivity contribution in [2.75, 3.05) is 4.90 Å². The number of nitrogens with two attached hydrogens (primary N) is 2. The minimum absolute atomic E-state index is 0.221. The number of thiazole rings is 1. The summed E-state index contributed by atoms with van der Waals surface area (Å²) in [5.74, 6) is -0.622. The molecule has 1 aromatic heterocycles. The number of carbonyl (C=O) groups excluding carboxylic acids is 1. The molecule has 2 aromatic rings. The van der Waals surface area contributed by atoms with Crippen molar-refractivity contribution in [2.24, 2.45) is 21.7 Å². The zero-order valence-electron chi connectivity index (χ0n) is 12.9. The fourth-order valence-electron chi connectivity index (χ4n) is 1.82. The Morgan fingerprint density at radius 1 is 1.28 bits per heavy atom. The topological polar surface area (TPSA) is 110 Å². The van der Waals surface area contributed by atoms with Crippen LogP contribution in [-0.4, -0.2) is 23.1 Å². The molecule has 0 spiro atoms. The SMILES string of the molecule is CC(=O)N(c1ccc(C(F)(F)F)cc1)c1nc(/C=N/N=C(N)N)cs1. The summed E-state index contributed by atoms with van der Waals surface area (Å²) in [4.78, 5) is 17.3. The second-order valence-corrected chi connectivity index (χ2v) is 5.56. The molecule has 0 aliphatic rings. The first-order chi connectivity index (χ1) is 11.7. The number of rotatable bonds is 4. The molecule has 1 heterocycles. The summed E-state index contributed by atoms with van der Waals surface area (Å²) in [6.45, 7) is 1.28. The molecule has 132 valence electrons. The number of aromatic nitrogens is 1. The maximum Gasteiger partial charge on any atom is 0.416 e. The van der Waals surface area contributed by atoms with E-state index >= 15 is 0 Å². The number of alkyl halides is 3. The molecule has 0 unspecified atom stereocenters. The van der Waals surface area contributed by atoms with Crippen LogP contribution in [0.3, 0.4) is 0 Å². The molecule has 0 aliphatic carbocycles. The Labute approximate surface area is 144 Å². The van der Waals surface area contributed by atoms with Crippen molar-refractivity contribution >= 4 is 40.2 Å². The Morgan fingerprint density at radius 2 is 1.92 bits per heavy atom. The summed E-state index contributed by atoms with van der Waals surface area (Å²) in [5.41, 5.74) is 10.1. The Kier molecular flexibility index (Phi) is 5.37. The third-order valence-electron chi connectivity index (χ3n) is 2.83. The predicted octanol–water partition coefficient (Wildman–Crippen LogP) is 2.45. The minimum Gasteiger partial charge on any atom is -0.369 e. The molecule has 2 rings (SSSR count). The smallest absolute Gasteiger partial charge is 0.369 e. The zero-order chi connectivity index (χ0) is 18.6. The van der Waals surface area contributed by atoms with Gasteiger partial charge in [0.15, 0.2) is 5.13 Å². The fraction of sp³-hybridized carbons (Fsp3) is 0.143. The predicted molar refractivity (Wildman–Crippen MR) is 89.8 cm³/mol. The zero-order valence-corrected chi connectivity index (χ0v) is 13.7. The van der Waals surface area contributed by atoms with E-state index in [2.05, 4.69) is 15.2 Å². The van der Waals surface area contributed by atoms with Crippen LogP contribution in [0.25, 0.3) is 0 Å². The van der Waals surface area contributed by atoms with E-state index in [9.17, 15) is 18.0 Å². The van der Waals surface area contributed by atoms with Crippen LogP contribution in [0, 0.1) is 0 Å². The molecule has 1 amide bonds. The van der Waals surface area contributed by atoms with E-state index in [0.29, 0.717) is 5.69 Å². The van der Waals surface area contributed by atoms with E-state index in [1.807, 2.05) is 0 Å². The first-order valence-corrected chi connectivity index (χ1v) is 7.62. The highest BCUT2D eigenvalue weighted by Crippen LogP contribution is 2.33. The fourth-order valence-corrected chi connectivity index (χ4v) is 2.66. The Bertz CT molecular complexity index is 809. The van der Waals surface area contributed by atoms with Gasteiger partial charge in [0.25, 0.3) is 0 Å². The van der Waals surface area contributed by atoms with Crippen LogP contribution in [0.5, 0.6) is 0 Å². The number of hydrogen-bond acceptors (Lipinski definition) is 5. The van der Waals surface area contributed by atoms with Gasteiger partial charge < -0.3 is 11.5 Å². The van der Waals surface area contributed by atoms with Gasteiger partial charge in [-0.05, 0) is 24.3 Å². The highest BCUT2D eigenvalue weighted by atomic mass is 32.1. The number of hydrogen-bond donors (Lipinski definition) is 2. The van der Waals surface area contributed by atoms with Crippen LogP contribution >= 0.6 is 11.3 Å². The van der Waals surface area contributed by atoms with Gasteiger partial charge in [0.2, 0.25) is 11.9 Å². The molecule has 25 heavy (non-hydrogen) atoms. The van der Waals surface area contributed by atoms with Gasteiger partial charge in [-0.1, -0.05) is 0 Å². The van der Waals surface area contributed by atoms with Gasteiger partial charge in [-0.2, -0.15) is 18.3 Å². The van der Waals surface area contributed by atoms with Crippen molar-refractivity contribution in [3.8, 4) is 0 Å². The Morgan fingerprint density at radius 3 is 2.44 bits per heavy atom. The van der Waals surface area contributed by atoms with Crippen molar-refractivity contribution in [1.82, 2.24) is 4.98 Å². The van der Waals surface area contributed by atoms with Crippen LogP contribution in [-0.2, 0) is 11.0 Å². The summed E-state index contributed by atoms with van der Waals surface area (Å²) in [5, 5.41) is 8.89. The number of carbonyl (C=O) groups is 1. The van der Waals surface area contributed by atoms with Gasteiger partial charge in [-0.3, -0.25) is 9.69 Å². The summed E-state index contributed by atoms with van der Waals surface area (Å²) >= 11 is 1.12. The van der Waals surface area contributed by atoms with Crippen molar-refractivity contribution in [3.63, 3.8) is 0 Å². The second kappa shape index (κ2) is 7.30. The van der Waals surface area contributed by atoms with Gasteiger partial charge in [0.05, 0.1) is 23.2 Å². The van der Waals surface area contributed by atoms with Crippen molar-refractivity contribution in [2.45, 2.75) is 13.1 Å². The average molecular weight is 370 g/mol. The Hall–Kier alpha value is -2.95. The van der Waals surface area contributed by atoms with Gasteiger partial charge >= 0.3 is 6.18 Å². The monoisotopic (exact) mass is 370 g/mol. The first-order valence-electron chi connectivity index (χ1n) is 6.74. The van der Waals surface area contributed by atoms with E-state index < -0.39 is 17.6 Å². The summed E-state index contributed by atoms with van der Waals surface area (Å²) in [6, 6.07) is 4.22. The lowest BCUT2D eigenvalue weighted by atomic mass is 10.2. The third-order valence-corrected chi connectivity index (χ3v) is 3.68. The maximum atomic E-state index is 12.6. The standard InChI is InChI=1S/C14H13F3N6OS/c1-8(24)23(11-4-2-9(3-5-11)14(15,16)17)13-21-10(7-25-13)6-20-22-12(18)19/h2-7H,1H3,(H4,18,19,22)/b20-6+. The lowest BCUT2D eigenvalue weighted by Crippen LogP contribution is -2.22. The lowest BCUT2D eigenvalue weighted by Gasteiger charge is -2.18. The van der Waals surface area contributed by atoms with E-state index in [1.165, 1.54) is 30.2 Å².